The SMILES string of the molecule is Cc1nnc(N2CC3CCC2CN3)nc1C. The largest absolute Gasteiger partial charge is 0.334 e. The number of rotatable bonds is 1. The van der Waals surface area contributed by atoms with E-state index in [1.54, 1.807) is 0 Å². The third-order valence-electron chi connectivity index (χ3n) is 3.69. The molecule has 0 amide bonds. The fraction of sp³-hybridized carbons (Fsp3) is 0.727. The van der Waals surface area contributed by atoms with Crippen molar-refractivity contribution in [1.82, 2.24) is 20.5 Å². The average molecular weight is 219 g/mol. The van der Waals surface area contributed by atoms with Crippen LogP contribution >= 0.6 is 0 Å². The quantitative estimate of drug-likeness (QED) is 0.742. The highest BCUT2D eigenvalue weighted by molar-refractivity contribution is 5.34. The lowest BCUT2D eigenvalue weighted by molar-refractivity contribution is 0.286. The molecule has 0 radical (unpaired) electrons. The number of aryl methyl sites for hydroxylation is 2. The van der Waals surface area contributed by atoms with Crippen molar-refractivity contribution >= 4 is 5.95 Å². The number of hydrogen-bond acceptors (Lipinski definition) is 5. The zero-order valence-electron chi connectivity index (χ0n) is 9.77. The Bertz CT molecular complexity index is 397. The highest BCUT2D eigenvalue weighted by Gasteiger charge is 2.34. The summed E-state index contributed by atoms with van der Waals surface area (Å²) < 4.78 is 0. The molecule has 1 aromatic heterocycles. The molecule has 86 valence electrons. The van der Waals surface area contributed by atoms with Gasteiger partial charge in [-0.05, 0) is 26.7 Å². The van der Waals surface area contributed by atoms with Gasteiger partial charge in [0.05, 0.1) is 11.4 Å². The van der Waals surface area contributed by atoms with E-state index in [-0.39, 0.29) is 0 Å². The first kappa shape index (κ1) is 9.96. The van der Waals surface area contributed by atoms with Crippen LogP contribution < -0.4 is 10.2 Å². The van der Waals surface area contributed by atoms with Crippen molar-refractivity contribution in [3.8, 4) is 0 Å². The van der Waals surface area contributed by atoms with Crippen molar-refractivity contribution in [2.75, 3.05) is 18.0 Å². The fourth-order valence-electron chi connectivity index (χ4n) is 2.52. The van der Waals surface area contributed by atoms with E-state index in [2.05, 4.69) is 25.4 Å². The van der Waals surface area contributed by atoms with E-state index in [4.69, 9.17) is 0 Å². The normalized spacial score (nSPS) is 28.5. The number of piperidine rings is 2. The van der Waals surface area contributed by atoms with Crippen molar-refractivity contribution in [3.63, 3.8) is 0 Å². The molecule has 3 aliphatic rings. The van der Waals surface area contributed by atoms with Crippen molar-refractivity contribution in [2.24, 2.45) is 0 Å². The molecule has 0 spiro atoms. The van der Waals surface area contributed by atoms with Gasteiger partial charge < -0.3 is 10.2 Å². The maximum Gasteiger partial charge on any atom is 0.245 e. The first-order valence-corrected chi connectivity index (χ1v) is 5.92. The minimum atomic E-state index is 0.550. The minimum absolute atomic E-state index is 0.550. The molecule has 1 N–H and O–H groups in total. The van der Waals surface area contributed by atoms with Crippen molar-refractivity contribution in [1.29, 1.82) is 0 Å². The number of fused-ring (bicyclic) bond motifs is 3. The van der Waals surface area contributed by atoms with E-state index >= 15 is 0 Å². The molecule has 0 aromatic carbocycles. The molecule has 0 aliphatic carbocycles. The highest BCUT2D eigenvalue weighted by atomic mass is 15.4. The maximum atomic E-state index is 4.54. The van der Waals surface area contributed by atoms with Crippen molar-refractivity contribution in [3.05, 3.63) is 11.4 Å². The van der Waals surface area contributed by atoms with Gasteiger partial charge in [-0.2, -0.15) is 5.10 Å². The Hall–Kier alpha value is -1.23. The molecule has 4 rings (SSSR count). The van der Waals surface area contributed by atoms with E-state index in [0.717, 1.165) is 30.4 Å². The molecular weight excluding hydrogens is 202 g/mol. The van der Waals surface area contributed by atoms with Gasteiger partial charge in [0.2, 0.25) is 5.95 Å². The summed E-state index contributed by atoms with van der Waals surface area (Å²) in [7, 11) is 0. The zero-order valence-corrected chi connectivity index (χ0v) is 9.77. The molecule has 16 heavy (non-hydrogen) atoms. The number of hydrogen-bond donors (Lipinski definition) is 1. The van der Waals surface area contributed by atoms with Crippen LogP contribution in [0.25, 0.3) is 0 Å². The van der Waals surface area contributed by atoms with Gasteiger partial charge in [0, 0.05) is 25.2 Å². The predicted molar refractivity (Wildman–Crippen MR) is 61.5 cm³/mol. The maximum absolute atomic E-state index is 4.54. The van der Waals surface area contributed by atoms with Gasteiger partial charge in [0.25, 0.3) is 0 Å². The molecule has 1 aromatic rings. The second kappa shape index (κ2) is 3.66. The molecule has 4 heterocycles. The Kier molecular flexibility index (Phi) is 2.28. The van der Waals surface area contributed by atoms with Gasteiger partial charge in [-0.25, -0.2) is 4.98 Å². The van der Waals surface area contributed by atoms with Gasteiger partial charge >= 0.3 is 0 Å². The summed E-state index contributed by atoms with van der Waals surface area (Å²) in [6, 6.07) is 1.16. The third-order valence-corrected chi connectivity index (χ3v) is 3.69. The summed E-state index contributed by atoms with van der Waals surface area (Å²) in [4.78, 5) is 6.85. The number of nitrogens with one attached hydrogen (secondary N) is 1. The van der Waals surface area contributed by atoms with Crippen LogP contribution in [0.2, 0.25) is 0 Å². The molecule has 3 saturated heterocycles. The number of nitrogens with zero attached hydrogens (tertiary/aromatic N) is 4. The average Bonchev–Trinajstić information content (AvgIpc) is 2.34. The topological polar surface area (TPSA) is 53.9 Å². The Morgan fingerprint density at radius 1 is 1.19 bits per heavy atom. The van der Waals surface area contributed by atoms with Gasteiger partial charge in [-0.3, -0.25) is 0 Å². The monoisotopic (exact) mass is 219 g/mol. The summed E-state index contributed by atoms with van der Waals surface area (Å²) >= 11 is 0. The number of aromatic nitrogens is 3. The lowest BCUT2D eigenvalue weighted by Crippen LogP contribution is -2.61. The minimum Gasteiger partial charge on any atom is -0.334 e. The van der Waals surface area contributed by atoms with E-state index < -0.39 is 0 Å². The lowest BCUT2D eigenvalue weighted by Gasteiger charge is -2.45. The Morgan fingerprint density at radius 2 is 2.06 bits per heavy atom. The smallest absolute Gasteiger partial charge is 0.245 e. The molecule has 3 fully saturated rings. The molecule has 5 heteroatoms. The predicted octanol–water partition coefficient (Wildman–Crippen LogP) is 0.429. The van der Waals surface area contributed by atoms with Gasteiger partial charge in [-0.15, -0.1) is 5.10 Å². The molecule has 2 bridgehead atoms. The Morgan fingerprint density at radius 3 is 2.62 bits per heavy atom. The first-order chi connectivity index (χ1) is 7.74. The van der Waals surface area contributed by atoms with Crippen LogP contribution in [0.3, 0.4) is 0 Å². The third kappa shape index (κ3) is 1.55. The summed E-state index contributed by atoms with van der Waals surface area (Å²) in [5.41, 5.74) is 1.91. The van der Waals surface area contributed by atoms with Crippen LogP contribution in [0.5, 0.6) is 0 Å². The van der Waals surface area contributed by atoms with E-state index in [1.165, 1.54) is 12.8 Å². The van der Waals surface area contributed by atoms with Crippen LogP contribution in [-0.4, -0.2) is 40.4 Å². The Balaban J connectivity index is 1.89. The second-order valence-electron chi connectivity index (χ2n) is 4.77. The summed E-state index contributed by atoms with van der Waals surface area (Å²) in [5, 5.41) is 11.9. The van der Waals surface area contributed by atoms with Crippen LogP contribution in [0.4, 0.5) is 5.95 Å². The summed E-state index contributed by atoms with van der Waals surface area (Å²) in [5.74, 6) is 0.805. The second-order valence-corrected chi connectivity index (χ2v) is 4.77. The van der Waals surface area contributed by atoms with Crippen LogP contribution in [-0.2, 0) is 0 Å². The molecule has 2 unspecified atom stereocenters. The lowest BCUT2D eigenvalue weighted by atomic mass is 9.93. The fourth-order valence-corrected chi connectivity index (χ4v) is 2.52. The summed E-state index contributed by atoms with van der Waals surface area (Å²) in [6.07, 6.45) is 2.52. The molecule has 0 saturated carbocycles. The van der Waals surface area contributed by atoms with Gasteiger partial charge in [-0.1, -0.05) is 0 Å². The standard InChI is InChI=1S/C11H17N5/c1-7-8(2)14-15-11(13-7)16-6-9-3-4-10(16)5-12-9/h9-10,12H,3-6H2,1-2H3. The van der Waals surface area contributed by atoms with Crippen molar-refractivity contribution in [2.45, 2.75) is 38.8 Å². The van der Waals surface area contributed by atoms with Gasteiger partial charge in [0.15, 0.2) is 0 Å². The zero-order chi connectivity index (χ0) is 11.1. The molecule has 5 nitrogen and oxygen atoms in total. The Labute approximate surface area is 95.3 Å². The van der Waals surface area contributed by atoms with Crippen molar-refractivity contribution < 1.29 is 0 Å². The molecule has 3 aliphatic heterocycles. The van der Waals surface area contributed by atoms with E-state index in [0.29, 0.717) is 12.1 Å². The van der Waals surface area contributed by atoms with E-state index in [9.17, 15) is 0 Å². The highest BCUT2D eigenvalue weighted by Crippen LogP contribution is 2.25. The molecule has 2 atom stereocenters. The summed E-state index contributed by atoms with van der Waals surface area (Å²) in [6.45, 7) is 6.02. The van der Waals surface area contributed by atoms with Crippen LogP contribution in [0.15, 0.2) is 0 Å². The van der Waals surface area contributed by atoms with E-state index in [1.807, 2.05) is 13.8 Å². The number of anilines is 1. The molecular formula is C11H17N5. The van der Waals surface area contributed by atoms with Crippen LogP contribution in [0, 0.1) is 13.8 Å². The van der Waals surface area contributed by atoms with Gasteiger partial charge in [0.1, 0.15) is 0 Å². The first-order valence-electron chi connectivity index (χ1n) is 5.92. The van der Waals surface area contributed by atoms with Crippen LogP contribution in [0.1, 0.15) is 24.2 Å². The number of piperazine rings is 1.